The summed E-state index contributed by atoms with van der Waals surface area (Å²) in [5.74, 6) is 0.806. The molecule has 3 rings (SSSR count). The Morgan fingerprint density at radius 3 is 3.10 bits per heavy atom. The maximum Gasteiger partial charge on any atom is 0.185 e. The van der Waals surface area contributed by atoms with Crippen LogP contribution in [0.25, 0.3) is 0 Å². The molecular weight excluding hydrogens is 254 g/mol. The second-order valence-corrected chi connectivity index (χ2v) is 4.98. The number of ketones is 1. The van der Waals surface area contributed by atoms with Gasteiger partial charge in [0, 0.05) is 31.6 Å². The average Bonchev–Trinajstić information content (AvgIpc) is 3.03. The van der Waals surface area contributed by atoms with E-state index in [1.54, 1.807) is 25.0 Å². The molecule has 0 saturated carbocycles. The van der Waals surface area contributed by atoms with Gasteiger partial charge in [0.15, 0.2) is 11.5 Å². The Labute approximate surface area is 117 Å². The fraction of sp³-hybridized carbons (Fsp3) is 0.333. The molecule has 2 aromatic rings. The van der Waals surface area contributed by atoms with E-state index in [1.807, 2.05) is 18.2 Å². The molecular formula is C15H17N3O2. The number of nitrogens with one attached hydrogen (secondary N) is 1. The summed E-state index contributed by atoms with van der Waals surface area (Å²) in [6.07, 6.45) is 2.04. The lowest BCUT2D eigenvalue weighted by Gasteiger charge is -2.10. The Hall–Kier alpha value is -2.30. The number of carbonyl (C=O) groups is 1. The maximum atomic E-state index is 12.5. The number of para-hydroxylation sites is 1. The van der Waals surface area contributed by atoms with Gasteiger partial charge in [0.25, 0.3) is 0 Å². The van der Waals surface area contributed by atoms with Gasteiger partial charge >= 0.3 is 0 Å². The lowest BCUT2D eigenvalue weighted by atomic mass is 9.94. The number of ether oxygens (including phenoxy) is 1. The van der Waals surface area contributed by atoms with E-state index in [-0.39, 0.29) is 11.7 Å². The van der Waals surface area contributed by atoms with Crippen molar-refractivity contribution in [3.63, 3.8) is 0 Å². The van der Waals surface area contributed by atoms with Gasteiger partial charge in [-0.05, 0) is 11.6 Å². The minimum Gasteiger partial charge on any atom is -0.493 e. The summed E-state index contributed by atoms with van der Waals surface area (Å²) in [5.41, 5.74) is 2.88. The molecule has 1 unspecified atom stereocenters. The molecule has 0 fully saturated rings. The normalized spacial score (nSPS) is 16.6. The van der Waals surface area contributed by atoms with Crippen LogP contribution in [0.2, 0.25) is 0 Å². The monoisotopic (exact) mass is 271 g/mol. The van der Waals surface area contributed by atoms with E-state index in [4.69, 9.17) is 4.74 Å². The van der Waals surface area contributed by atoms with E-state index in [0.717, 1.165) is 12.2 Å². The summed E-state index contributed by atoms with van der Waals surface area (Å²) < 4.78 is 6.78. The second-order valence-electron chi connectivity index (χ2n) is 4.98. The van der Waals surface area contributed by atoms with Crippen molar-refractivity contribution in [1.29, 1.82) is 0 Å². The van der Waals surface area contributed by atoms with Gasteiger partial charge in [-0.25, -0.2) is 0 Å². The quantitative estimate of drug-likeness (QED) is 0.866. The molecule has 0 amide bonds. The van der Waals surface area contributed by atoms with Crippen LogP contribution >= 0.6 is 0 Å². The molecule has 0 aliphatic carbocycles. The van der Waals surface area contributed by atoms with E-state index >= 15 is 0 Å². The molecule has 0 saturated heterocycles. The summed E-state index contributed by atoms with van der Waals surface area (Å²) >= 11 is 0. The van der Waals surface area contributed by atoms with Gasteiger partial charge in [0.05, 0.1) is 13.3 Å². The van der Waals surface area contributed by atoms with Crippen molar-refractivity contribution >= 4 is 11.5 Å². The van der Waals surface area contributed by atoms with Crippen molar-refractivity contribution in [2.45, 2.75) is 12.3 Å². The number of methoxy groups -OCH3 is 1. The molecule has 5 nitrogen and oxygen atoms in total. The van der Waals surface area contributed by atoms with Crippen molar-refractivity contribution in [1.82, 2.24) is 9.78 Å². The zero-order chi connectivity index (χ0) is 14.1. The van der Waals surface area contributed by atoms with Crippen molar-refractivity contribution in [3.05, 3.63) is 41.7 Å². The zero-order valence-electron chi connectivity index (χ0n) is 11.6. The summed E-state index contributed by atoms with van der Waals surface area (Å²) in [6.45, 7) is 0.797. The second kappa shape index (κ2) is 5.00. The van der Waals surface area contributed by atoms with Gasteiger partial charge in [0.1, 0.15) is 5.69 Å². The Kier molecular flexibility index (Phi) is 3.18. The van der Waals surface area contributed by atoms with E-state index in [2.05, 4.69) is 16.5 Å². The summed E-state index contributed by atoms with van der Waals surface area (Å²) in [5, 5.41) is 7.42. The summed E-state index contributed by atoms with van der Waals surface area (Å²) in [7, 11) is 3.32. The molecule has 20 heavy (non-hydrogen) atoms. The predicted molar refractivity (Wildman–Crippen MR) is 76.4 cm³/mol. The molecule has 0 bridgehead atoms. The Balaban J connectivity index is 1.82. The highest BCUT2D eigenvalue weighted by molar-refractivity contribution is 5.97. The minimum atomic E-state index is 0.0605. The lowest BCUT2D eigenvalue weighted by Crippen LogP contribution is -2.13. The van der Waals surface area contributed by atoms with E-state index in [1.165, 1.54) is 5.56 Å². The van der Waals surface area contributed by atoms with Gasteiger partial charge in [0.2, 0.25) is 0 Å². The lowest BCUT2D eigenvalue weighted by molar-refractivity contribution is 0.0963. The Morgan fingerprint density at radius 2 is 2.30 bits per heavy atom. The van der Waals surface area contributed by atoms with Crippen LogP contribution in [0.5, 0.6) is 5.75 Å². The Bertz CT molecular complexity index is 648. The number of carbonyl (C=O) groups excluding carboxylic acids is 1. The average molecular weight is 271 g/mol. The highest BCUT2D eigenvalue weighted by Crippen LogP contribution is 2.34. The number of hydrogen-bond donors (Lipinski definition) is 1. The van der Waals surface area contributed by atoms with Crippen LogP contribution in [0, 0.1) is 0 Å². The predicted octanol–water partition coefficient (Wildman–Crippen LogP) is 2.21. The molecule has 1 N–H and O–H groups in total. The van der Waals surface area contributed by atoms with Gasteiger partial charge in [-0.15, -0.1) is 0 Å². The number of aryl methyl sites for hydroxylation is 1. The number of hydrogen-bond acceptors (Lipinski definition) is 4. The van der Waals surface area contributed by atoms with Crippen molar-refractivity contribution in [2.75, 3.05) is 19.0 Å². The van der Waals surface area contributed by atoms with Gasteiger partial charge in [-0.1, -0.05) is 18.2 Å². The minimum absolute atomic E-state index is 0.0605. The summed E-state index contributed by atoms with van der Waals surface area (Å²) in [4.78, 5) is 12.5. The fourth-order valence-corrected chi connectivity index (χ4v) is 2.74. The van der Waals surface area contributed by atoms with Gasteiger partial charge < -0.3 is 10.1 Å². The third-order valence-corrected chi connectivity index (χ3v) is 3.76. The molecule has 1 aliphatic rings. The van der Waals surface area contributed by atoms with E-state index < -0.39 is 0 Å². The molecule has 1 aromatic carbocycles. The third kappa shape index (κ3) is 2.05. The van der Waals surface area contributed by atoms with Crippen molar-refractivity contribution in [3.8, 4) is 5.75 Å². The number of nitrogens with zero attached hydrogens (tertiary/aromatic N) is 2. The molecule has 1 aromatic heterocycles. The van der Waals surface area contributed by atoms with Crippen LogP contribution in [-0.4, -0.2) is 29.2 Å². The first-order valence-corrected chi connectivity index (χ1v) is 6.62. The number of rotatable bonds is 4. The van der Waals surface area contributed by atoms with E-state index in [9.17, 15) is 4.79 Å². The van der Waals surface area contributed by atoms with Crippen LogP contribution in [-0.2, 0) is 7.05 Å². The molecule has 5 heteroatoms. The first-order valence-electron chi connectivity index (χ1n) is 6.62. The topological polar surface area (TPSA) is 56.2 Å². The number of Topliss-reactive ketones (excluding diaryl/α,β-unsaturated/α-hetero) is 1. The zero-order valence-corrected chi connectivity index (χ0v) is 11.6. The number of fused-ring (bicyclic) bond motifs is 1. The smallest absolute Gasteiger partial charge is 0.185 e. The van der Waals surface area contributed by atoms with Crippen LogP contribution in [0.4, 0.5) is 5.69 Å². The van der Waals surface area contributed by atoms with E-state index in [0.29, 0.717) is 17.9 Å². The Morgan fingerprint density at radius 1 is 1.50 bits per heavy atom. The summed E-state index contributed by atoms with van der Waals surface area (Å²) in [6, 6.07) is 8.13. The first-order chi connectivity index (χ1) is 9.70. The van der Waals surface area contributed by atoms with Crippen LogP contribution in [0.15, 0.2) is 30.5 Å². The highest BCUT2D eigenvalue weighted by atomic mass is 16.5. The SMILES string of the molecule is COc1cnn(C)c1C(=O)CC1CNc2ccccc21. The van der Waals surface area contributed by atoms with Crippen molar-refractivity contribution < 1.29 is 9.53 Å². The van der Waals surface area contributed by atoms with Gasteiger partial charge in [-0.3, -0.25) is 9.48 Å². The molecule has 104 valence electrons. The van der Waals surface area contributed by atoms with Gasteiger partial charge in [-0.2, -0.15) is 5.10 Å². The number of aromatic nitrogens is 2. The molecule has 0 radical (unpaired) electrons. The number of anilines is 1. The fourth-order valence-electron chi connectivity index (χ4n) is 2.74. The highest BCUT2D eigenvalue weighted by Gasteiger charge is 2.27. The van der Waals surface area contributed by atoms with Crippen LogP contribution < -0.4 is 10.1 Å². The van der Waals surface area contributed by atoms with Crippen molar-refractivity contribution in [2.24, 2.45) is 7.05 Å². The molecule has 2 heterocycles. The first kappa shape index (κ1) is 12.7. The standard InChI is InChI=1S/C15H17N3O2/c1-18-15(14(20-2)9-17-18)13(19)7-10-8-16-12-6-4-3-5-11(10)12/h3-6,9-10,16H,7-8H2,1-2H3. The van der Waals surface area contributed by atoms with Crippen LogP contribution in [0.1, 0.15) is 28.4 Å². The molecule has 1 aliphatic heterocycles. The van der Waals surface area contributed by atoms with Crippen LogP contribution in [0.3, 0.4) is 0 Å². The molecule has 0 spiro atoms. The number of benzene rings is 1. The third-order valence-electron chi connectivity index (χ3n) is 3.76. The largest absolute Gasteiger partial charge is 0.493 e. The maximum absolute atomic E-state index is 12.5. The molecule has 1 atom stereocenters.